The van der Waals surface area contributed by atoms with Crippen molar-refractivity contribution >= 4 is 5.97 Å². The third-order valence-corrected chi connectivity index (χ3v) is 4.98. The van der Waals surface area contributed by atoms with E-state index in [0.717, 1.165) is 24.6 Å². The Bertz CT molecular complexity index is 480. The van der Waals surface area contributed by atoms with Gasteiger partial charge in [0.05, 0.1) is 5.56 Å². The van der Waals surface area contributed by atoms with Crippen LogP contribution in [0.25, 0.3) is 0 Å². The highest BCUT2D eigenvalue weighted by atomic mass is 16.4. The number of likely N-dealkylation sites (tertiary alicyclic amines) is 1. The molecule has 3 heteroatoms. The van der Waals surface area contributed by atoms with Crippen molar-refractivity contribution in [3.8, 4) is 0 Å². The van der Waals surface area contributed by atoms with Crippen molar-refractivity contribution < 1.29 is 9.90 Å². The summed E-state index contributed by atoms with van der Waals surface area (Å²) in [5.74, 6) is 0.0340. The van der Waals surface area contributed by atoms with E-state index in [1.54, 1.807) is 6.07 Å². The number of benzene rings is 1. The van der Waals surface area contributed by atoms with Crippen molar-refractivity contribution in [1.29, 1.82) is 0 Å². The van der Waals surface area contributed by atoms with E-state index in [2.05, 4.69) is 4.90 Å². The normalized spacial score (nSPS) is 24.3. The first-order chi connectivity index (χ1) is 9.75. The maximum atomic E-state index is 11.3. The first-order valence-corrected chi connectivity index (χ1v) is 7.81. The number of hydrogen-bond donors (Lipinski definition) is 1. The largest absolute Gasteiger partial charge is 0.478 e. The molecule has 0 bridgehead atoms. The molecule has 1 heterocycles. The minimum atomic E-state index is -0.808. The summed E-state index contributed by atoms with van der Waals surface area (Å²) in [6, 6.07) is 8.12. The fourth-order valence-corrected chi connectivity index (χ4v) is 4.01. The molecule has 0 aromatic heterocycles. The molecule has 2 aliphatic rings. The molecular formula is C17H23NO2. The Balaban J connectivity index is 1.75. The minimum Gasteiger partial charge on any atom is -0.478 e. The molecule has 1 unspecified atom stereocenters. The molecule has 1 aliphatic heterocycles. The number of carboxylic acids is 1. The lowest BCUT2D eigenvalue weighted by Gasteiger charge is -2.29. The van der Waals surface area contributed by atoms with Gasteiger partial charge >= 0.3 is 5.97 Å². The lowest BCUT2D eigenvalue weighted by Crippen LogP contribution is -2.34. The maximum Gasteiger partial charge on any atom is 0.336 e. The Labute approximate surface area is 120 Å². The van der Waals surface area contributed by atoms with E-state index in [9.17, 15) is 9.90 Å². The number of hydrogen-bond acceptors (Lipinski definition) is 2. The van der Waals surface area contributed by atoms with Crippen molar-refractivity contribution in [2.45, 2.75) is 51.1 Å². The first-order valence-electron chi connectivity index (χ1n) is 7.81. The quantitative estimate of drug-likeness (QED) is 0.912. The summed E-state index contributed by atoms with van der Waals surface area (Å²) in [6.45, 7) is 1.92. The molecule has 0 spiro atoms. The third-order valence-electron chi connectivity index (χ3n) is 4.98. The average molecular weight is 273 g/mol. The van der Waals surface area contributed by atoms with Gasteiger partial charge in [-0.2, -0.15) is 0 Å². The third kappa shape index (κ3) is 2.73. The van der Waals surface area contributed by atoms with Gasteiger partial charge in [-0.05, 0) is 49.8 Å². The van der Waals surface area contributed by atoms with Gasteiger partial charge in [0, 0.05) is 12.6 Å². The molecule has 108 valence electrons. The standard InChI is InChI=1S/C17H23NO2/c19-17(20)15-9-4-3-8-14(15)12-18-11-5-10-16(18)13-6-1-2-7-13/h3-4,8-9,13,16H,1-2,5-7,10-12H2,(H,19,20). The molecule has 3 nitrogen and oxygen atoms in total. The van der Waals surface area contributed by atoms with E-state index in [4.69, 9.17) is 0 Å². The van der Waals surface area contributed by atoms with Gasteiger partial charge in [-0.3, -0.25) is 4.90 Å². The second kappa shape index (κ2) is 5.96. The number of aromatic carboxylic acids is 1. The van der Waals surface area contributed by atoms with Crippen molar-refractivity contribution in [3.63, 3.8) is 0 Å². The van der Waals surface area contributed by atoms with Gasteiger partial charge in [-0.1, -0.05) is 31.0 Å². The smallest absolute Gasteiger partial charge is 0.336 e. The van der Waals surface area contributed by atoms with Crippen LogP contribution in [0, 0.1) is 5.92 Å². The van der Waals surface area contributed by atoms with E-state index in [1.165, 1.54) is 38.5 Å². The van der Waals surface area contributed by atoms with E-state index in [1.807, 2.05) is 18.2 Å². The summed E-state index contributed by atoms with van der Waals surface area (Å²) in [5, 5.41) is 9.30. The van der Waals surface area contributed by atoms with Crippen LogP contribution in [0.1, 0.15) is 54.4 Å². The van der Waals surface area contributed by atoms with Crippen LogP contribution < -0.4 is 0 Å². The number of nitrogens with zero attached hydrogens (tertiary/aromatic N) is 1. The maximum absolute atomic E-state index is 11.3. The molecule has 0 radical (unpaired) electrons. The Morgan fingerprint density at radius 2 is 1.90 bits per heavy atom. The molecule has 3 rings (SSSR count). The average Bonchev–Trinajstić information content (AvgIpc) is 3.09. The molecule has 0 amide bonds. The minimum absolute atomic E-state index is 0.463. The van der Waals surface area contributed by atoms with Gasteiger partial charge in [-0.15, -0.1) is 0 Å². The Kier molecular flexibility index (Phi) is 4.06. The van der Waals surface area contributed by atoms with Crippen LogP contribution in [-0.2, 0) is 6.54 Å². The first kappa shape index (κ1) is 13.6. The predicted octanol–water partition coefficient (Wildman–Crippen LogP) is 3.54. The van der Waals surface area contributed by atoms with Crippen LogP contribution in [0.5, 0.6) is 0 Å². The molecule has 1 atom stereocenters. The van der Waals surface area contributed by atoms with Crippen LogP contribution in [0.4, 0.5) is 0 Å². The van der Waals surface area contributed by atoms with Crippen LogP contribution >= 0.6 is 0 Å². The zero-order valence-corrected chi connectivity index (χ0v) is 11.9. The lowest BCUT2D eigenvalue weighted by atomic mass is 9.95. The summed E-state index contributed by atoms with van der Waals surface area (Å²) in [4.78, 5) is 13.8. The zero-order valence-electron chi connectivity index (χ0n) is 11.9. The molecule has 2 fully saturated rings. The van der Waals surface area contributed by atoms with Crippen LogP contribution in [0.15, 0.2) is 24.3 Å². The van der Waals surface area contributed by atoms with Gasteiger partial charge in [0.15, 0.2) is 0 Å². The van der Waals surface area contributed by atoms with E-state index in [0.29, 0.717) is 11.6 Å². The highest BCUT2D eigenvalue weighted by Crippen LogP contribution is 2.36. The molecular weight excluding hydrogens is 250 g/mol. The summed E-state index contributed by atoms with van der Waals surface area (Å²) in [5.41, 5.74) is 1.43. The zero-order chi connectivity index (χ0) is 13.9. The van der Waals surface area contributed by atoms with E-state index < -0.39 is 5.97 Å². The Morgan fingerprint density at radius 3 is 2.65 bits per heavy atom. The van der Waals surface area contributed by atoms with Gasteiger partial charge in [0.2, 0.25) is 0 Å². The molecule has 1 aromatic rings. The molecule has 1 aromatic carbocycles. The Morgan fingerprint density at radius 1 is 1.15 bits per heavy atom. The molecule has 1 aliphatic carbocycles. The second-order valence-corrected chi connectivity index (χ2v) is 6.19. The molecule has 20 heavy (non-hydrogen) atoms. The Hall–Kier alpha value is -1.35. The summed E-state index contributed by atoms with van der Waals surface area (Å²) in [7, 11) is 0. The van der Waals surface area contributed by atoms with Crippen LogP contribution in [0.2, 0.25) is 0 Å². The molecule has 1 N–H and O–H groups in total. The molecule has 1 saturated heterocycles. The highest BCUT2D eigenvalue weighted by Gasteiger charge is 2.33. The van der Waals surface area contributed by atoms with Gasteiger partial charge in [0.1, 0.15) is 0 Å². The van der Waals surface area contributed by atoms with Crippen molar-refractivity contribution in [2.75, 3.05) is 6.54 Å². The van der Waals surface area contributed by atoms with Crippen molar-refractivity contribution in [3.05, 3.63) is 35.4 Å². The molecule has 1 saturated carbocycles. The number of carboxylic acid groups (broad SMARTS) is 1. The van der Waals surface area contributed by atoms with Gasteiger partial charge < -0.3 is 5.11 Å². The summed E-state index contributed by atoms with van der Waals surface area (Å²) < 4.78 is 0. The van der Waals surface area contributed by atoms with Crippen LogP contribution in [-0.4, -0.2) is 28.6 Å². The topological polar surface area (TPSA) is 40.5 Å². The van der Waals surface area contributed by atoms with Crippen molar-refractivity contribution in [1.82, 2.24) is 4.90 Å². The second-order valence-electron chi connectivity index (χ2n) is 6.19. The van der Waals surface area contributed by atoms with E-state index in [-0.39, 0.29) is 0 Å². The SMILES string of the molecule is O=C(O)c1ccccc1CN1CCCC1C1CCCC1. The van der Waals surface area contributed by atoms with Crippen LogP contribution in [0.3, 0.4) is 0 Å². The summed E-state index contributed by atoms with van der Waals surface area (Å²) in [6.07, 6.45) is 8.03. The number of rotatable bonds is 4. The summed E-state index contributed by atoms with van der Waals surface area (Å²) >= 11 is 0. The monoisotopic (exact) mass is 273 g/mol. The number of carbonyl (C=O) groups is 1. The van der Waals surface area contributed by atoms with Gasteiger partial charge in [-0.25, -0.2) is 4.79 Å². The fourth-order valence-electron chi connectivity index (χ4n) is 4.01. The van der Waals surface area contributed by atoms with Gasteiger partial charge in [0.25, 0.3) is 0 Å². The fraction of sp³-hybridized carbons (Fsp3) is 0.588. The predicted molar refractivity (Wildman–Crippen MR) is 78.8 cm³/mol. The van der Waals surface area contributed by atoms with Crippen molar-refractivity contribution in [2.24, 2.45) is 5.92 Å². The lowest BCUT2D eigenvalue weighted by molar-refractivity contribution is 0.0693. The van der Waals surface area contributed by atoms with E-state index >= 15 is 0 Å². The highest BCUT2D eigenvalue weighted by molar-refractivity contribution is 5.89.